The fraction of sp³-hybridized carbons (Fsp3) is 0.188. The first-order valence-corrected chi connectivity index (χ1v) is 6.57. The highest BCUT2D eigenvalue weighted by atomic mass is 35.5. The van der Waals surface area contributed by atoms with Crippen molar-refractivity contribution in [1.29, 1.82) is 0 Å². The molecule has 2 rings (SSSR count). The standard InChI is InChI=1S/C16H15ClO3/c1-16(19,12-6-3-2-4-7-12)11-20-15-9-5-8-14(17)13(15)10-18/h2-10,19H,11H2,1H3. The quantitative estimate of drug-likeness (QED) is 0.858. The molecule has 1 N–H and O–H groups in total. The van der Waals surface area contributed by atoms with Gasteiger partial charge in [0.25, 0.3) is 0 Å². The van der Waals surface area contributed by atoms with Gasteiger partial charge in [0.2, 0.25) is 0 Å². The third-order valence-corrected chi connectivity index (χ3v) is 3.36. The maximum absolute atomic E-state index is 11.0. The zero-order chi connectivity index (χ0) is 14.6. The van der Waals surface area contributed by atoms with Gasteiger partial charge in [-0.25, -0.2) is 0 Å². The maximum Gasteiger partial charge on any atom is 0.155 e. The summed E-state index contributed by atoms with van der Waals surface area (Å²) in [6.45, 7) is 1.69. The van der Waals surface area contributed by atoms with E-state index in [0.717, 1.165) is 5.56 Å². The van der Waals surface area contributed by atoms with Crippen LogP contribution in [0.2, 0.25) is 5.02 Å². The van der Waals surface area contributed by atoms with E-state index in [1.807, 2.05) is 30.3 Å². The molecule has 0 saturated heterocycles. The largest absolute Gasteiger partial charge is 0.489 e. The van der Waals surface area contributed by atoms with Crippen molar-refractivity contribution in [3.8, 4) is 5.75 Å². The molecule has 104 valence electrons. The van der Waals surface area contributed by atoms with Gasteiger partial charge in [0.05, 0.1) is 10.6 Å². The Balaban J connectivity index is 2.17. The normalized spacial score (nSPS) is 13.6. The van der Waals surface area contributed by atoms with Crippen LogP contribution in [0.3, 0.4) is 0 Å². The number of rotatable bonds is 5. The van der Waals surface area contributed by atoms with E-state index in [9.17, 15) is 9.90 Å². The maximum atomic E-state index is 11.0. The smallest absolute Gasteiger partial charge is 0.155 e. The van der Waals surface area contributed by atoms with Crippen molar-refractivity contribution in [2.24, 2.45) is 0 Å². The van der Waals surface area contributed by atoms with E-state index in [0.29, 0.717) is 17.1 Å². The second-order valence-electron chi connectivity index (χ2n) is 4.70. The van der Waals surface area contributed by atoms with E-state index in [4.69, 9.17) is 16.3 Å². The van der Waals surface area contributed by atoms with Crippen molar-refractivity contribution in [3.63, 3.8) is 0 Å². The number of ether oxygens (including phenoxy) is 1. The first kappa shape index (κ1) is 14.6. The average molecular weight is 291 g/mol. The Morgan fingerprint density at radius 1 is 1.20 bits per heavy atom. The van der Waals surface area contributed by atoms with Crippen molar-refractivity contribution in [2.75, 3.05) is 6.61 Å². The molecule has 0 amide bonds. The SMILES string of the molecule is CC(O)(COc1cccc(Cl)c1C=O)c1ccccc1. The lowest BCUT2D eigenvalue weighted by atomic mass is 9.97. The average Bonchev–Trinajstić information content (AvgIpc) is 2.46. The summed E-state index contributed by atoms with van der Waals surface area (Å²) in [5.41, 5.74) is -0.114. The van der Waals surface area contributed by atoms with Crippen LogP contribution in [-0.4, -0.2) is 18.0 Å². The Morgan fingerprint density at radius 2 is 1.90 bits per heavy atom. The molecular formula is C16H15ClO3. The van der Waals surface area contributed by atoms with Crippen LogP contribution in [0, 0.1) is 0 Å². The van der Waals surface area contributed by atoms with E-state index in [1.165, 1.54) is 0 Å². The van der Waals surface area contributed by atoms with E-state index in [-0.39, 0.29) is 12.2 Å². The molecule has 2 aromatic rings. The highest BCUT2D eigenvalue weighted by molar-refractivity contribution is 6.33. The Kier molecular flexibility index (Phi) is 4.42. The van der Waals surface area contributed by atoms with Gasteiger partial charge in [0, 0.05) is 0 Å². The molecule has 0 bridgehead atoms. The third-order valence-electron chi connectivity index (χ3n) is 3.04. The van der Waals surface area contributed by atoms with Gasteiger partial charge in [-0.3, -0.25) is 4.79 Å². The van der Waals surface area contributed by atoms with Crippen LogP contribution < -0.4 is 4.74 Å². The minimum absolute atomic E-state index is 0.0260. The summed E-state index contributed by atoms with van der Waals surface area (Å²) in [7, 11) is 0. The molecule has 0 aromatic heterocycles. The van der Waals surface area contributed by atoms with Crippen LogP contribution in [0.25, 0.3) is 0 Å². The fourth-order valence-corrected chi connectivity index (χ4v) is 2.07. The molecule has 2 aromatic carbocycles. The van der Waals surface area contributed by atoms with Gasteiger partial charge in [0.15, 0.2) is 6.29 Å². The molecule has 3 nitrogen and oxygen atoms in total. The van der Waals surface area contributed by atoms with E-state index in [1.54, 1.807) is 25.1 Å². The zero-order valence-electron chi connectivity index (χ0n) is 11.0. The van der Waals surface area contributed by atoms with Crippen LogP contribution in [0.4, 0.5) is 0 Å². The predicted octanol–water partition coefficient (Wildman–Crippen LogP) is 3.44. The molecule has 20 heavy (non-hydrogen) atoms. The van der Waals surface area contributed by atoms with Crippen molar-refractivity contribution in [1.82, 2.24) is 0 Å². The Bertz CT molecular complexity index is 594. The van der Waals surface area contributed by atoms with E-state index >= 15 is 0 Å². The monoisotopic (exact) mass is 290 g/mol. The molecule has 0 spiro atoms. The van der Waals surface area contributed by atoms with Crippen molar-refractivity contribution in [2.45, 2.75) is 12.5 Å². The lowest BCUT2D eigenvalue weighted by Gasteiger charge is -2.24. The molecule has 0 fully saturated rings. The second kappa shape index (κ2) is 6.07. The molecule has 4 heteroatoms. The highest BCUT2D eigenvalue weighted by Gasteiger charge is 2.24. The molecule has 0 radical (unpaired) electrons. The first-order valence-electron chi connectivity index (χ1n) is 6.19. The molecule has 0 aliphatic carbocycles. The summed E-state index contributed by atoms with van der Waals surface area (Å²) in [6.07, 6.45) is 0.648. The summed E-state index contributed by atoms with van der Waals surface area (Å²) in [5.74, 6) is 0.365. The van der Waals surface area contributed by atoms with Gasteiger partial charge in [-0.15, -0.1) is 0 Å². The molecular weight excluding hydrogens is 276 g/mol. The second-order valence-corrected chi connectivity index (χ2v) is 5.11. The van der Waals surface area contributed by atoms with Crippen LogP contribution in [0.1, 0.15) is 22.8 Å². The highest BCUT2D eigenvalue weighted by Crippen LogP contribution is 2.27. The van der Waals surface area contributed by atoms with Crippen molar-refractivity contribution < 1.29 is 14.6 Å². The Hall–Kier alpha value is -1.84. The summed E-state index contributed by atoms with van der Waals surface area (Å²) >= 11 is 5.92. The predicted molar refractivity (Wildman–Crippen MR) is 78.3 cm³/mol. The number of halogens is 1. The zero-order valence-corrected chi connectivity index (χ0v) is 11.8. The molecule has 1 atom stereocenters. The Labute approximate surface area is 122 Å². The van der Waals surface area contributed by atoms with Gasteiger partial charge in [0.1, 0.15) is 18.0 Å². The summed E-state index contributed by atoms with van der Waals surface area (Å²) in [5, 5.41) is 10.8. The number of hydrogen-bond acceptors (Lipinski definition) is 3. The fourth-order valence-electron chi connectivity index (χ4n) is 1.86. The lowest BCUT2D eigenvalue weighted by molar-refractivity contribution is 0.00739. The first-order chi connectivity index (χ1) is 9.54. The van der Waals surface area contributed by atoms with Crippen LogP contribution >= 0.6 is 11.6 Å². The van der Waals surface area contributed by atoms with Crippen molar-refractivity contribution in [3.05, 3.63) is 64.7 Å². The summed E-state index contributed by atoms with van der Waals surface area (Å²) in [4.78, 5) is 11.0. The topological polar surface area (TPSA) is 46.5 Å². The number of carbonyl (C=O) groups excluding carboxylic acids is 1. The Morgan fingerprint density at radius 3 is 2.55 bits per heavy atom. The summed E-state index contributed by atoms with van der Waals surface area (Å²) < 4.78 is 5.56. The van der Waals surface area contributed by atoms with Crippen molar-refractivity contribution >= 4 is 17.9 Å². The van der Waals surface area contributed by atoms with Crippen LogP contribution in [0.5, 0.6) is 5.75 Å². The molecule has 1 unspecified atom stereocenters. The van der Waals surface area contributed by atoms with Crippen LogP contribution in [-0.2, 0) is 5.60 Å². The lowest BCUT2D eigenvalue weighted by Crippen LogP contribution is -2.29. The molecule has 0 heterocycles. The minimum Gasteiger partial charge on any atom is -0.489 e. The number of carbonyl (C=O) groups is 1. The number of hydrogen-bond donors (Lipinski definition) is 1. The molecule has 0 aliphatic rings. The molecule has 0 saturated carbocycles. The number of aliphatic hydroxyl groups is 1. The summed E-state index contributed by atoms with van der Waals surface area (Å²) in [6, 6.07) is 14.2. The number of aldehydes is 1. The van der Waals surface area contributed by atoms with Gasteiger partial charge in [-0.2, -0.15) is 0 Å². The molecule has 0 aliphatic heterocycles. The van der Waals surface area contributed by atoms with Crippen LogP contribution in [0.15, 0.2) is 48.5 Å². The number of benzene rings is 2. The van der Waals surface area contributed by atoms with E-state index in [2.05, 4.69) is 0 Å². The van der Waals surface area contributed by atoms with Gasteiger partial charge in [-0.05, 0) is 24.6 Å². The minimum atomic E-state index is -1.15. The van der Waals surface area contributed by atoms with Gasteiger partial charge >= 0.3 is 0 Å². The van der Waals surface area contributed by atoms with Gasteiger partial charge < -0.3 is 9.84 Å². The van der Waals surface area contributed by atoms with Gasteiger partial charge in [-0.1, -0.05) is 48.0 Å². The third kappa shape index (κ3) is 3.18. The van der Waals surface area contributed by atoms with E-state index < -0.39 is 5.60 Å².